The Kier molecular flexibility index (Phi) is 6.48. The Balaban J connectivity index is 0.00000225. The summed E-state index contributed by atoms with van der Waals surface area (Å²) in [5, 5.41) is 3.14. The van der Waals surface area contributed by atoms with Gasteiger partial charge in [-0.25, -0.2) is 8.42 Å². The molecule has 140 valence electrons. The van der Waals surface area contributed by atoms with Gasteiger partial charge in [0.05, 0.1) is 4.90 Å². The number of nitrogens with one attached hydrogen (secondary N) is 1. The molecule has 2 aliphatic rings. The summed E-state index contributed by atoms with van der Waals surface area (Å²) in [6.45, 7) is 4.15. The number of anilines is 1. The quantitative estimate of drug-likeness (QED) is 0.852. The number of benzene rings is 1. The fourth-order valence-electron chi connectivity index (χ4n) is 3.72. The molecule has 6 nitrogen and oxygen atoms in total. The van der Waals surface area contributed by atoms with Gasteiger partial charge in [-0.3, -0.25) is 4.79 Å². The first-order valence-electron chi connectivity index (χ1n) is 8.49. The summed E-state index contributed by atoms with van der Waals surface area (Å²) in [5.74, 6) is 0.358. The molecule has 0 aromatic heterocycles. The van der Waals surface area contributed by atoms with E-state index in [1.807, 2.05) is 7.05 Å². The van der Waals surface area contributed by atoms with Crippen LogP contribution < -0.4 is 10.2 Å². The Morgan fingerprint density at radius 2 is 2.08 bits per heavy atom. The molecule has 0 radical (unpaired) electrons. The first-order valence-corrected chi connectivity index (χ1v) is 9.93. The second kappa shape index (κ2) is 8.03. The Labute approximate surface area is 156 Å². The lowest BCUT2D eigenvalue weighted by Crippen LogP contribution is -2.42. The number of hydrogen-bond acceptors (Lipinski definition) is 4. The van der Waals surface area contributed by atoms with Crippen LogP contribution in [0.25, 0.3) is 0 Å². The molecule has 1 atom stereocenters. The predicted molar refractivity (Wildman–Crippen MR) is 101 cm³/mol. The molecule has 2 heterocycles. The number of sulfonamides is 1. The van der Waals surface area contributed by atoms with Crippen LogP contribution in [0.4, 0.5) is 5.69 Å². The highest BCUT2D eigenvalue weighted by Gasteiger charge is 2.31. The number of rotatable bonds is 4. The second-order valence-corrected chi connectivity index (χ2v) is 8.58. The topological polar surface area (TPSA) is 69.7 Å². The minimum absolute atomic E-state index is 0. The molecule has 8 heteroatoms. The van der Waals surface area contributed by atoms with Gasteiger partial charge in [-0.05, 0) is 62.5 Å². The van der Waals surface area contributed by atoms with Crippen molar-refractivity contribution in [3.05, 3.63) is 23.8 Å². The van der Waals surface area contributed by atoms with Gasteiger partial charge in [0, 0.05) is 32.2 Å². The Morgan fingerprint density at radius 3 is 2.76 bits per heavy atom. The number of halogens is 1. The maximum atomic E-state index is 13.0. The molecule has 1 aromatic rings. The lowest BCUT2D eigenvalue weighted by molar-refractivity contribution is -0.116. The first-order chi connectivity index (χ1) is 11.4. The zero-order valence-electron chi connectivity index (χ0n) is 14.7. The standard InChI is InChI=1S/C17H25N3O3S.ClH/c1-13(21)20-9-7-15-10-16(5-6-17(15)20)24(22,23)19-8-3-4-14(12-19)11-18-2;/h5-6,10,14,18H,3-4,7-9,11-12H2,1-2H3;1H. The van der Waals surface area contributed by atoms with Gasteiger partial charge in [0.25, 0.3) is 0 Å². The average Bonchev–Trinajstić information content (AvgIpc) is 2.98. The number of carbonyl (C=O) groups excluding carboxylic acids is 1. The van der Waals surface area contributed by atoms with E-state index in [-0.39, 0.29) is 18.3 Å². The van der Waals surface area contributed by atoms with Crippen LogP contribution in [0.3, 0.4) is 0 Å². The van der Waals surface area contributed by atoms with Crippen molar-refractivity contribution in [3.63, 3.8) is 0 Å². The maximum absolute atomic E-state index is 13.0. The highest BCUT2D eigenvalue weighted by atomic mass is 35.5. The monoisotopic (exact) mass is 387 g/mol. The molecule has 0 spiro atoms. The molecule has 1 amide bonds. The molecule has 25 heavy (non-hydrogen) atoms. The van der Waals surface area contributed by atoms with Crippen molar-refractivity contribution in [2.45, 2.75) is 31.1 Å². The normalized spacial score (nSPS) is 20.9. The van der Waals surface area contributed by atoms with Crippen molar-refractivity contribution < 1.29 is 13.2 Å². The highest BCUT2D eigenvalue weighted by molar-refractivity contribution is 7.89. The molecular weight excluding hydrogens is 362 g/mol. The third kappa shape index (κ3) is 4.00. The molecule has 1 fully saturated rings. The first kappa shape index (κ1) is 20.2. The predicted octanol–water partition coefficient (Wildman–Crippen LogP) is 1.64. The van der Waals surface area contributed by atoms with Gasteiger partial charge < -0.3 is 10.2 Å². The Bertz CT molecular complexity index is 737. The van der Waals surface area contributed by atoms with Crippen molar-refractivity contribution in [1.82, 2.24) is 9.62 Å². The van der Waals surface area contributed by atoms with E-state index in [1.165, 1.54) is 6.92 Å². The van der Waals surface area contributed by atoms with Crippen LogP contribution in [0.15, 0.2) is 23.1 Å². The number of piperidine rings is 1. The van der Waals surface area contributed by atoms with Crippen molar-refractivity contribution in [2.24, 2.45) is 5.92 Å². The van der Waals surface area contributed by atoms with E-state index in [4.69, 9.17) is 0 Å². The molecule has 2 aliphatic heterocycles. The average molecular weight is 388 g/mol. The minimum Gasteiger partial charge on any atom is -0.319 e. The summed E-state index contributed by atoms with van der Waals surface area (Å²) < 4.78 is 27.6. The molecule has 1 saturated heterocycles. The van der Waals surface area contributed by atoms with Crippen LogP contribution in [0, 0.1) is 5.92 Å². The third-order valence-corrected chi connectivity index (χ3v) is 6.80. The summed E-state index contributed by atoms with van der Waals surface area (Å²) in [7, 11) is -1.57. The zero-order valence-corrected chi connectivity index (χ0v) is 16.3. The molecule has 3 rings (SSSR count). The highest BCUT2D eigenvalue weighted by Crippen LogP contribution is 2.32. The summed E-state index contributed by atoms with van der Waals surface area (Å²) in [4.78, 5) is 13.7. The van der Waals surface area contributed by atoms with Gasteiger partial charge in [-0.1, -0.05) is 0 Å². The van der Waals surface area contributed by atoms with E-state index < -0.39 is 10.0 Å². The number of hydrogen-bond donors (Lipinski definition) is 1. The van der Waals surface area contributed by atoms with Crippen LogP contribution in [0.1, 0.15) is 25.3 Å². The minimum atomic E-state index is -3.47. The summed E-state index contributed by atoms with van der Waals surface area (Å²) in [6, 6.07) is 5.15. The van der Waals surface area contributed by atoms with E-state index in [0.717, 1.165) is 30.6 Å². The van der Waals surface area contributed by atoms with Crippen LogP contribution in [0.2, 0.25) is 0 Å². The summed E-state index contributed by atoms with van der Waals surface area (Å²) in [6.07, 6.45) is 2.67. The largest absolute Gasteiger partial charge is 0.319 e. The van der Waals surface area contributed by atoms with E-state index in [1.54, 1.807) is 27.4 Å². The molecule has 0 aliphatic carbocycles. The van der Waals surface area contributed by atoms with Gasteiger partial charge in [0.15, 0.2) is 0 Å². The van der Waals surface area contributed by atoms with Crippen molar-refractivity contribution in [2.75, 3.05) is 38.1 Å². The van der Waals surface area contributed by atoms with Gasteiger partial charge >= 0.3 is 0 Å². The molecular formula is C17H26ClN3O3S. The van der Waals surface area contributed by atoms with E-state index in [0.29, 0.717) is 36.9 Å². The maximum Gasteiger partial charge on any atom is 0.243 e. The summed E-state index contributed by atoms with van der Waals surface area (Å²) >= 11 is 0. The van der Waals surface area contributed by atoms with E-state index in [9.17, 15) is 13.2 Å². The van der Waals surface area contributed by atoms with Crippen LogP contribution >= 0.6 is 12.4 Å². The number of fused-ring (bicyclic) bond motifs is 1. The smallest absolute Gasteiger partial charge is 0.243 e. The molecule has 1 unspecified atom stereocenters. The number of nitrogens with zero attached hydrogens (tertiary/aromatic N) is 2. The second-order valence-electron chi connectivity index (χ2n) is 6.64. The fourth-order valence-corrected chi connectivity index (χ4v) is 5.32. The fraction of sp³-hybridized carbons (Fsp3) is 0.588. The van der Waals surface area contributed by atoms with Gasteiger partial charge in [-0.15, -0.1) is 12.4 Å². The summed E-state index contributed by atoms with van der Waals surface area (Å²) in [5.41, 5.74) is 1.78. The number of amides is 1. The number of carbonyl (C=O) groups is 1. The van der Waals surface area contributed by atoms with Crippen LogP contribution in [-0.2, 0) is 21.2 Å². The van der Waals surface area contributed by atoms with Crippen molar-refractivity contribution >= 4 is 34.0 Å². The SMILES string of the molecule is CNCC1CCCN(S(=O)(=O)c2ccc3c(c2)CCN3C(C)=O)C1.Cl. The Morgan fingerprint density at radius 1 is 1.32 bits per heavy atom. The van der Waals surface area contributed by atoms with Gasteiger partial charge in [-0.2, -0.15) is 4.31 Å². The van der Waals surface area contributed by atoms with Crippen molar-refractivity contribution in [1.29, 1.82) is 0 Å². The van der Waals surface area contributed by atoms with Gasteiger partial charge in [0.1, 0.15) is 0 Å². The molecule has 0 bridgehead atoms. The lowest BCUT2D eigenvalue weighted by atomic mass is 10.00. The molecule has 1 aromatic carbocycles. The van der Waals surface area contributed by atoms with E-state index >= 15 is 0 Å². The van der Waals surface area contributed by atoms with Gasteiger partial charge in [0.2, 0.25) is 15.9 Å². The lowest BCUT2D eigenvalue weighted by Gasteiger charge is -2.32. The van der Waals surface area contributed by atoms with Crippen LogP contribution in [-0.4, -0.2) is 51.9 Å². The zero-order chi connectivity index (χ0) is 17.3. The molecule has 1 N–H and O–H groups in total. The van der Waals surface area contributed by atoms with Crippen molar-refractivity contribution in [3.8, 4) is 0 Å². The van der Waals surface area contributed by atoms with E-state index in [2.05, 4.69) is 5.32 Å². The molecule has 0 saturated carbocycles. The van der Waals surface area contributed by atoms with Crippen LogP contribution in [0.5, 0.6) is 0 Å². The third-order valence-electron chi connectivity index (χ3n) is 4.94. The Hall–Kier alpha value is -1.15.